The first-order chi connectivity index (χ1) is 12.1. The molecule has 7 heteroatoms. The molecule has 0 unspecified atom stereocenters. The third-order valence-electron chi connectivity index (χ3n) is 4.21. The molecule has 0 radical (unpaired) electrons. The fraction of sp³-hybridized carbons (Fsp3) is 0.222. The number of benzene rings is 2. The third kappa shape index (κ3) is 3.40. The minimum Gasteiger partial charge on any atom is -0.367 e. The van der Waals surface area contributed by atoms with E-state index in [1.54, 1.807) is 16.8 Å². The lowest BCUT2D eigenvalue weighted by Gasteiger charge is -2.19. The highest BCUT2D eigenvalue weighted by atomic mass is 35.5. The number of ether oxygens (including phenoxy) is 1. The Morgan fingerprint density at radius 3 is 2.56 bits per heavy atom. The Morgan fingerprint density at radius 2 is 1.84 bits per heavy atom. The van der Waals surface area contributed by atoms with Crippen molar-refractivity contribution in [2.45, 2.75) is 19.1 Å². The molecule has 0 bridgehead atoms. The lowest BCUT2D eigenvalue weighted by atomic mass is 10.1. The molecule has 128 valence electrons. The van der Waals surface area contributed by atoms with Crippen LogP contribution in [0.5, 0.6) is 0 Å². The topological polar surface area (TPSA) is 30.9 Å². The van der Waals surface area contributed by atoms with Gasteiger partial charge in [0.15, 0.2) is 5.69 Å². The van der Waals surface area contributed by atoms with Crippen molar-refractivity contribution in [3.8, 4) is 5.69 Å². The molecule has 2 heterocycles. The van der Waals surface area contributed by atoms with E-state index in [1.807, 2.05) is 24.5 Å². The Morgan fingerprint density at radius 1 is 1.12 bits per heavy atom. The van der Waals surface area contributed by atoms with Crippen LogP contribution < -0.4 is 4.57 Å². The van der Waals surface area contributed by atoms with Gasteiger partial charge in [-0.1, -0.05) is 69.8 Å². The molecule has 0 saturated heterocycles. The second kappa shape index (κ2) is 6.96. The van der Waals surface area contributed by atoms with Crippen molar-refractivity contribution in [3.05, 3.63) is 75.2 Å². The summed E-state index contributed by atoms with van der Waals surface area (Å²) in [5.41, 5.74) is 1.87. The lowest BCUT2D eigenvalue weighted by Crippen LogP contribution is -2.48. The van der Waals surface area contributed by atoms with Gasteiger partial charge in [0.25, 0.3) is 0 Å². The summed E-state index contributed by atoms with van der Waals surface area (Å²) >= 11 is 18.7. The van der Waals surface area contributed by atoms with Crippen molar-refractivity contribution >= 4 is 34.8 Å². The van der Waals surface area contributed by atoms with Crippen LogP contribution in [0.3, 0.4) is 0 Å². The minimum absolute atomic E-state index is 0.171. The highest BCUT2D eigenvalue weighted by Crippen LogP contribution is 2.31. The maximum absolute atomic E-state index is 6.33. The normalized spacial score (nSPS) is 16.7. The molecule has 4 nitrogen and oxygen atoms in total. The van der Waals surface area contributed by atoms with Crippen molar-refractivity contribution in [3.63, 3.8) is 0 Å². The highest BCUT2D eigenvalue weighted by molar-refractivity contribution is 6.40. The molecule has 2 aromatic carbocycles. The van der Waals surface area contributed by atoms with Gasteiger partial charge in [-0.3, -0.25) is 0 Å². The van der Waals surface area contributed by atoms with E-state index in [4.69, 9.17) is 39.5 Å². The van der Waals surface area contributed by atoms with Crippen LogP contribution in [-0.4, -0.2) is 16.4 Å². The molecule has 1 aliphatic heterocycles. The zero-order chi connectivity index (χ0) is 17.4. The van der Waals surface area contributed by atoms with E-state index < -0.39 is 0 Å². The van der Waals surface area contributed by atoms with Crippen LogP contribution in [0.2, 0.25) is 15.1 Å². The molecule has 0 spiro atoms. The van der Waals surface area contributed by atoms with E-state index in [9.17, 15) is 0 Å². The summed E-state index contributed by atoms with van der Waals surface area (Å²) in [6.07, 6.45) is 2.79. The Bertz CT molecular complexity index is 888. The molecule has 0 saturated carbocycles. The highest BCUT2D eigenvalue weighted by Gasteiger charge is 2.31. The monoisotopic (exact) mass is 394 g/mol. The van der Waals surface area contributed by atoms with E-state index in [1.165, 1.54) is 5.56 Å². The maximum Gasteiger partial charge on any atom is 0.304 e. The molecular formula is C18H15Cl3N3O+. The second-order valence-corrected chi connectivity index (χ2v) is 7.21. The van der Waals surface area contributed by atoms with Crippen molar-refractivity contribution < 1.29 is 9.30 Å². The molecule has 0 fully saturated rings. The molecule has 0 N–H and O–H groups in total. The predicted octanol–water partition coefficient (Wildman–Crippen LogP) is 4.43. The number of hydrogen-bond acceptors (Lipinski definition) is 2. The van der Waals surface area contributed by atoms with Crippen LogP contribution in [-0.2, 0) is 17.8 Å². The summed E-state index contributed by atoms with van der Waals surface area (Å²) in [6, 6.07) is 13.8. The number of hydrogen-bond donors (Lipinski definition) is 0. The van der Waals surface area contributed by atoms with Crippen molar-refractivity contribution in [2.75, 3.05) is 6.61 Å². The number of nitrogens with zero attached hydrogens (tertiary/aromatic N) is 3. The van der Waals surface area contributed by atoms with Gasteiger partial charge in [0.2, 0.25) is 6.33 Å². The van der Waals surface area contributed by atoms with Crippen molar-refractivity contribution in [1.29, 1.82) is 0 Å². The van der Waals surface area contributed by atoms with Crippen molar-refractivity contribution in [1.82, 2.24) is 9.78 Å². The average molecular weight is 396 g/mol. The molecule has 1 aromatic heterocycles. The fourth-order valence-corrected chi connectivity index (χ4v) is 4.06. The van der Waals surface area contributed by atoms with Gasteiger partial charge in [-0.15, -0.1) is 0 Å². The van der Waals surface area contributed by atoms with Gasteiger partial charge < -0.3 is 4.74 Å². The molecular weight excluding hydrogens is 381 g/mol. The van der Waals surface area contributed by atoms with Crippen LogP contribution >= 0.6 is 34.8 Å². The molecule has 0 aliphatic carbocycles. The standard InChI is InChI=1S/C18H15Cl3N3O/c19-13-7-15(20)18(16(21)8-13)24-11-23-14(9-25-10-17(23)22-24)6-12-4-2-1-3-5-12/h1-5,7-8,11,14H,6,9-10H2/q+1/t14-/m1/s1. The molecule has 4 rings (SSSR count). The quantitative estimate of drug-likeness (QED) is 0.614. The summed E-state index contributed by atoms with van der Waals surface area (Å²) in [5, 5.41) is 6.01. The van der Waals surface area contributed by atoms with E-state index in [0.29, 0.717) is 34.0 Å². The zero-order valence-electron chi connectivity index (χ0n) is 13.2. The SMILES string of the molecule is Clc1cc(Cl)c(-n2c[n+]3c(n2)COC[C@H]3Cc2ccccc2)c(Cl)c1. The summed E-state index contributed by atoms with van der Waals surface area (Å²) in [7, 11) is 0. The Balaban J connectivity index is 1.71. The summed E-state index contributed by atoms with van der Waals surface area (Å²) in [4.78, 5) is 0. The Hall–Kier alpha value is -1.59. The van der Waals surface area contributed by atoms with E-state index in [2.05, 4.69) is 21.8 Å². The van der Waals surface area contributed by atoms with Gasteiger partial charge in [0.1, 0.15) is 12.6 Å². The van der Waals surface area contributed by atoms with Gasteiger partial charge in [0.05, 0.1) is 16.7 Å². The van der Waals surface area contributed by atoms with Gasteiger partial charge in [-0.2, -0.15) is 0 Å². The van der Waals surface area contributed by atoms with Gasteiger partial charge >= 0.3 is 5.82 Å². The predicted molar refractivity (Wildman–Crippen MR) is 97.6 cm³/mol. The van der Waals surface area contributed by atoms with Crippen LogP contribution in [0, 0.1) is 0 Å². The molecule has 1 aliphatic rings. The third-order valence-corrected chi connectivity index (χ3v) is 5.01. The van der Waals surface area contributed by atoms with Gasteiger partial charge in [-0.05, 0) is 17.7 Å². The smallest absolute Gasteiger partial charge is 0.304 e. The fourth-order valence-electron chi connectivity index (χ4n) is 3.07. The van der Waals surface area contributed by atoms with Crippen LogP contribution in [0.1, 0.15) is 17.4 Å². The maximum atomic E-state index is 6.33. The molecule has 3 aromatic rings. The number of aromatic nitrogens is 3. The van der Waals surface area contributed by atoms with Crippen LogP contribution in [0.4, 0.5) is 0 Å². The Labute approximate surface area is 160 Å². The number of fused-ring (bicyclic) bond motifs is 1. The molecule has 0 amide bonds. The van der Waals surface area contributed by atoms with Crippen molar-refractivity contribution in [2.24, 2.45) is 0 Å². The van der Waals surface area contributed by atoms with Gasteiger partial charge in [0, 0.05) is 16.5 Å². The largest absolute Gasteiger partial charge is 0.367 e. The first-order valence-corrected chi connectivity index (χ1v) is 9.01. The van der Waals surface area contributed by atoms with E-state index >= 15 is 0 Å². The first kappa shape index (κ1) is 16.9. The van der Waals surface area contributed by atoms with E-state index in [0.717, 1.165) is 12.2 Å². The zero-order valence-corrected chi connectivity index (χ0v) is 15.5. The van der Waals surface area contributed by atoms with Crippen LogP contribution in [0.15, 0.2) is 48.8 Å². The van der Waals surface area contributed by atoms with Crippen LogP contribution in [0.25, 0.3) is 5.69 Å². The summed E-state index contributed by atoms with van der Waals surface area (Å²) < 4.78 is 9.56. The number of rotatable bonds is 3. The first-order valence-electron chi connectivity index (χ1n) is 7.88. The second-order valence-electron chi connectivity index (χ2n) is 5.96. The molecule has 25 heavy (non-hydrogen) atoms. The van der Waals surface area contributed by atoms with Gasteiger partial charge in [-0.25, -0.2) is 4.57 Å². The lowest BCUT2D eigenvalue weighted by molar-refractivity contribution is -0.742. The average Bonchev–Trinajstić information content (AvgIpc) is 2.99. The molecule has 1 atom stereocenters. The summed E-state index contributed by atoms with van der Waals surface area (Å²) in [6.45, 7) is 1.10. The van der Waals surface area contributed by atoms with E-state index in [-0.39, 0.29) is 6.04 Å². The minimum atomic E-state index is 0.171. The summed E-state index contributed by atoms with van der Waals surface area (Å²) in [5.74, 6) is 0.842. The Kier molecular flexibility index (Phi) is 4.69. The number of halogens is 3.